The van der Waals surface area contributed by atoms with E-state index < -0.39 is 0 Å². The summed E-state index contributed by atoms with van der Waals surface area (Å²) in [4.78, 5) is 3.25. The highest BCUT2D eigenvalue weighted by Crippen LogP contribution is 2.22. The van der Waals surface area contributed by atoms with Crippen molar-refractivity contribution in [2.24, 2.45) is 11.7 Å². The second kappa shape index (κ2) is 5.03. The van der Waals surface area contributed by atoms with Crippen molar-refractivity contribution in [1.29, 1.82) is 0 Å². The van der Waals surface area contributed by atoms with E-state index >= 15 is 0 Å². The van der Waals surface area contributed by atoms with Crippen molar-refractivity contribution >= 4 is 16.6 Å². The number of fused-ring (bicyclic) bond motifs is 1. The number of aromatic amines is 1. The average Bonchev–Trinajstić information content (AvgIpc) is 2.74. The first kappa shape index (κ1) is 11.0. The van der Waals surface area contributed by atoms with Crippen molar-refractivity contribution in [3.8, 4) is 0 Å². The van der Waals surface area contributed by atoms with Crippen LogP contribution in [0, 0.1) is 5.92 Å². The first-order valence-corrected chi connectivity index (χ1v) is 5.85. The van der Waals surface area contributed by atoms with Crippen molar-refractivity contribution in [2.75, 3.05) is 18.4 Å². The van der Waals surface area contributed by atoms with Crippen LogP contribution >= 0.6 is 0 Å². The number of hydrogen-bond donors (Lipinski definition) is 3. The van der Waals surface area contributed by atoms with Gasteiger partial charge in [0.1, 0.15) is 0 Å². The molecule has 1 heterocycles. The topological polar surface area (TPSA) is 53.8 Å². The van der Waals surface area contributed by atoms with Crippen LogP contribution < -0.4 is 11.1 Å². The lowest BCUT2D eigenvalue weighted by atomic mass is 10.1. The number of H-pyrrole nitrogens is 1. The molecular formula is C13H19N3. The number of aromatic nitrogens is 1. The van der Waals surface area contributed by atoms with Crippen LogP contribution in [0.3, 0.4) is 0 Å². The van der Waals surface area contributed by atoms with Gasteiger partial charge < -0.3 is 16.0 Å². The minimum atomic E-state index is 0.550. The first-order valence-electron chi connectivity index (χ1n) is 5.85. The lowest BCUT2D eigenvalue weighted by Crippen LogP contribution is -2.21. The molecule has 16 heavy (non-hydrogen) atoms. The maximum Gasteiger partial charge on any atom is 0.0598 e. The minimum Gasteiger partial charge on any atom is -0.383 e. The van der Waals surface area contributed by atoms with Gasteiger partial charge in [0.05, 0.1) is 5.69 Å². The van der Waals surface area contributed by atoms with Crippen molar-refractivity contribution in [3.05, 3.63) is 30.5 Å². The Hall–Kier alpha value is -1.48. The molecular weight excluding hydrogens is 198 g/mol. The van der Waals surface area contributed by atoms with Gasteiger partial charge in [0.25, 0.3) is 0 Å². The maximum absolute atomic E-state index is 5.69. The smallest absolute Gasteiger partial charge is 0.0598 e. The van der Waals surface area contributed by atoms with Gasteiger partial charge in [0.15, 0.2) is 0 Å². The number of hydrogen-bond acceptors (Lipinski definition) is 2. The predicted molar refractivity (Wildman–Crippen MR) is 69.6 cm³/mol. The van der Waals surface area contributed by atoms with E-state index in [-0.39, 0.29) is 0 Å². The SMILES string of the molecule is CCC(CN)CNc1c[nH]c2ccccc12. The summed E-state index contributed by atoms with van der Waals surface area (Å²) in [6, 6.07) is 8.30. The van der Waals surface area contributed by atoms with E-state index in [0.29, 0.717) is 5.92 Å². The molecule has 2 rings (SSSR count). The quantitative estimate of drug-likeness (QED) is 0.721. The summed E-state index contributed by atoms with van der Waals surface area (Å²) in [5.41, 5.74) is 8.03. The van der Waals surface area contributed by atoms with Crippen LogP contribution in [0.2, 0.25) is 0 Å². The highest BCUT2D eigenvalue weighted by atomic mass is 14.9. The number of benzene rings is 1. The number of nitrogens with two attached hydrogens (primary N) is 1. The molecule has 0 amide bonds. The number of para-hydroxylation sites is 1. The molecule has 1 aromatic heterocycles. The molecule has 0 saturated carbocycles. The van der Waals surface area contributed by atoms with Gasteiger partial charge in [-0.05, 0) is 18.5 Å². The number of rotatable bonds is 5. The standard InChI is InChI=1S/C13H19N3/c1-2-10(7-14)8-15-13-9-16-12-6-4-3-5-11(12)13/h3-6,9-10,15-16H,2,7-8,14H2,1H3. The fraction of sp³-hybridized carbons (Fsp3) is 0.385. The van der Waals surface area contributed by atoms with E-state index in [1.165, 1.54) is 16.6 Å². The molecule has 0 aliphatic rings. The Balaban J connectivity index is 2.09. The van der Waals surface area contributed by atoms with Crippen LogP contribution in [0.5, 0.6) is 0 Å². The summed E-state index contributed by atoms with van der Waals surface area (Å²) in [7, 11) is 0. The Kier molecular flexibility index (Phi) is 3.47. The summed E-state index contributed by atoms with van der Waals surface area (Å²) in [5.74, 6) is 0.550. The third-order valence-electron chi connectivity index (χ3n) is 3.08. The average molecular weight is 217 g/mol. The molecule has 1 atom stereocenters. The monoisotopic (exact) mass is 217 g/mol. The lowest BCUT2D eigenvalue weighted by Gasteiger charge is -2.13. The van der Waals surface area contributed by atoms with Crippen LogP contribution in [0.1, 0.15) is 13.3 Å². The normalized spacial score (nSPS) is 12.9. The zero-order valence-electron chi connectivity index (χ0n) is 9.66. The Morgan fingerprint density at radius 1 is 1.38 bits per heavy atom. The second-order valence-electron chi connectivity index (χ2n) is 4.14. The molecule has 4 N–H and O–H groups in total. The summed E-state index contributed by atoms with van der Waals surface area (Å²) in [6.45, 7) is 3.86. The zero-order chi connectivity index (χ0) is 11.4. The molecule has 0 aliphatic heterocycles. The molecule has 1 aromatic carbocycles. The molecule has 0 radical (unpaired) electrons. The molecule has 3 nitrogen and oxygen atoms in total. The van der Waals surface area contributed by atoms with E-state index in [1.54, 1.807) is 0 Å². The molecule has 0 aliphatic carbocycles. The van der Waals surface area contributed by atoms with Gasteiger partial charge in [-0.3, -0.25) is 0 Å². The van der Waals surface area contributed by atoms with Crippen molar-refractivity contribution in [2.45, 2.75) is 13.3 Å². The van der Waals surface area contributed by atoms with Gasteiger partial charge in [-0.25, -0.2) is 0 Å². The fourth-order valence-corrected chi connectivity index (χ4v) is 1.87. The van der Waals surface area contributed by atoms with E-state index in [0.717, 1.165) is 19.5 Å². The highest BCUT2D eigenvalue weighted by Gasteiger charge is 2.06. The van der Waals surface area contributed by atoms with E-state index in [4.69, 9.17) is 5.73 Å². The first-order chi connectivity index (χ1) is 7.85. The largest absolute Gasteiger partial charge is 0.383 e. The van der Waals surface area contributed by atoms with E-state index in [9.17, 15) is 0 Å². The molecule has 0 bridgehead atoms. The number of nitrogens with one attached hydrogen (secondary N) is 2. The molecule has 3 heteroatoms. The van der Waals surface area contributed by atoms with Crippen molar-refractivity contribution < 1.29 is 0 Å². The van der Waals surface area contributed by atoms with E-state index in [1.807, 2.05) is 12.3 Å². The zero-order valence-corrected chi connectivity index (χ0v) is 9.66. The Labute approximate surface area is 96.0 Å². The Morgan fingerprint density at radius 2 is 2.19 bits per heavy atom. The van der Waals surface area contributed by atoms with Gasteiger partial charge in [-0.2, -0.15) is 0 Å². The maximum atomic E-state index is 5.69. The van der Waals surface area contributed by atoms with Crippen LogP contribution in [-0.4, -0.2) is 18.1 Å². The van der Waals surface area contributed by atoms with Gasteiger partial charge >= 0.3 is 0 Å². The highest BCUT2D eigenvalue weighted by molar-refractivity contribution is 5.92. The summed E-state index contributed by atoms with van der Waals surface area (Å²) < 4.78 is 0. The van der Waals surface area contributed by atoms with Crippen LogP contribution in [-0.2, 0) is 0 Å². The second-order valence-corrected chi connectivity index (χ2v) is 4.14. The lowest BCUT2D eigenvalue weighted by molar-refractivity contribution is 0.549. The van der Waals surface area contributed by atoms with Crippen LogP contribution in [0.4, 0.5) is 5.69 Å². The third kappa shape index (κ3) is 2.19. The van der Waals surface area contributed by atoms with Crippen molar-refractivity contribution in [1.82, 2.24) is 4.98 Å². The van der Waals surface area contributed by atoms with Gasteiger partial charge in [-0.15, -0.1) is 0 Å². The summed E-state index contributed by atoms with van der Waals surface area (Å²) in [5, 5.41) is 4.70. The minimum absolute atomic E-state index is 0.550. The fourth-order valence-electron chi connectivity index (χ4n) is 1.87. The van der Waals surface area contributed by atoms with Gasteiger partial charge in [-0.1, -0.05) is 31.5 Å². The predicted octanol–water partition coefficient (Wildman–Crippen LogP) is 2.56. The number of anilines is 1. The van der Waals surface area contributed by atoms with Gasteiger partial charge in [0, 0.05) is 23.6 Å². The molecule has 1 unspecified atom stereocenters. The Bertz CT molecular complexity index is 443. The molecule has 0 spiro atoms. The molecule has 0 fully saturated rings. The third-order valence-corrected chi connectivity index (χ3v) is 3.08. The van der Waals surface area contributed by atoms with Crippen LogP contribution in [0.25, 0.3) is 10.9 Å². The summed E-state index contributed by atoms with van der Waals surface area (Å²) in [6.07, 6.45) is 3.14. The Morgan fingerprint density at radius 3 is 2.94 bits per heavy atom. The summed E-state index contributed by atoms with van der Waals surface area (Å²) >= 11 is 0. The molecule has 0 saturated heterocycles. The molecule has 2 aromatic rings. The molecule has 86 valence electrons. The van der Waals surface area contributed by atoms with Crippen LogP contribution in [0.15, 0.2) is 30.5 Å². The van der Waals surface area contributed by atoms with Crippen molar-refractivity contribution in [3.63, 3.8) is 0 Å². The van der Waals surface area contributed by atoms with Gasteiger partial charge in [0.2, 0.25) is 0 Å². The van der Waals surface area contributed by atoms with E-state index in [2.05, 4.69) is 35.4 Å².